The van der Waals surface area contributed by atoms with Crippen molar-refractivity contribution in [1.29, 1.82) is 0 Å². The summed E-state index contributed by atoms with van der Waals surface area (Å²) in [6, 6.07) is 9.76. The van der Waals surface area contributed by atoms with E-state index in [1.165, 1.54) is 12.1 Å². The van der Waals surface area contributed by atoms with Gasteiger partial charge < -0.3 is 9.84 Å². The molecule has 0 aromatic heterocycles. The van der Waals surface area contributed by atoms with E-state index in [9.17, 15) is 9.50 Å². The van der Waals surface area contributed by atoms with E-state index in [0.717, 1.165) is 14.5 Å². The molecule has 0 fully saturated rings. The van der Waals surface area contributed by atoms with E-state index in [-0.39, 0.29) is 12.4 Å². The molecule has 2 aromatic rings. The molecule has 0 saturated carbocycles. The maximum Gasteiger partial charge on any atom is 0.139 e. The van der Waals surface area contributed by atoms with Gasteiger partial charge in [0.1, 0.15) is 18.2 Å². The minimum atomic E-state index is -0.274. The fourth-order valence-corrected chi connectivity index (χ4v) is 3.06. The molecule has 19 heavy (non-hydrogen) atoms. The summed E-state index contributed by atoms with van der Waals surface area (Å²) in [7, 11) is 0. The van der Waals surface area contributed by atoms with Crippen molar-refractivity contribution in [3.8, 4) is 5.75 Å². The summed E-state index contributed by atoms with van der Waals surface area (Å²) >= 11 is 6.75. The Balaban J connectivity index is 2.17. The summed E-state index contributed by atoms with van der Waals surface area (Å²) < 4.78 is 20.1. The molecule has 1 N–H and O–H groups in total. The van der Waals surface area contributed by atoms with Crippen LogP contribution in [0.2, 0.25) is 0 Å². The van der Waals surface area contributed by atoms with Crippen LogP contribution < -0.4 is 4.74 Å². The summed E-state index contributed by atoms with van der Waals surface area (Å²) in [5, 5.41) is 9.33. The SMILES string of the molecule is OCc1cc(Br)cc(Br)c1OCc1ccc(F)cc1. The number of benzene rings is 2. The van der Waals surface area contributed by atoms with Crippen molar-refractivity contribution in [3.05, 3.63) is 62.3 Å². The summed E-state index contributed by atoms with van der Waals surface area (Å²) in [5.74, 6) is 0.319. The van der Waals surface area contributed by atoms with Crippen LogP contribution in [0.25, 0.3) is 0 Å². The molecule has 0 atom stereocenters. The van der Waals surface area contributed by atoms with Crippen molar-refractivity contribution in [3.63, 3.8) is 0 Å². The fourth-order valence-electron chi connectivity index (χ4n) is 1.63. The van der Waals surface area contributed by atoms with Crippen LogP contribution in [0.4, 0.5) is 4.39 Å². The minimum Gasteiger partial charge on any atom is -0.487 e. The first-order valence-electron chi connectivity index (χ1n) is 5.56. The van der Waals surface area contributed by atoms with E-state index >= 15 is 0 Å². The molecule has 2 rings (SSSR count). The third-order valence-corrected chi connectivity index (χ3v) is 3.60. The second-order valence-electron chi connectivity index (χ2n) is 3.95. The van der Waals surface area contributed by atoms with E-state index in [1.807, 2.05) is 6.07 Å². The van der Waals surface area contributed by atoms with Gasteiger partial charge in [0.2, 0.25) is 0 Å². The van der Waals surface area contributed by atoms with Crippen molar-refractivity contribution < 1.29 is 14.2 Å². The fraction of sp³-hybridized carbons (Fsp3) is 0.143. The zero-order valence-corrected chi connectivity index (χ0v) is 13.0. The monoisotopic (exact) mass is 388 g/mol. The third-order valence-electron chi connectivity index (χ3n) is 2.55. The van der Waals surface area contributed by atoms with Crippen LogP contribution in [0.15, 0.2) is 45.3 Å². The van der Waals surface area contributed by atoms with Crippen LogP contribution in [0.5, 0.6) is 5.75 Å². The van der Waals surface area contributed by atoms with Crippen LogP contribution in [0, 0.1) is 5.82 Å². The van der Waals surface area contributed by atoms with Crippen molar-refractivity contribution in [2.45, 2.75) is 13.2 Å². The van der Waals surface area contributed by atoms with E-state index in [2.05, 4.69) is 31.9 Å². The van der Waals surface area contributed by atoms with Gasteiger partial charge in [-0.1, -0.05) is 28.1 Å². The molecule has 0 radical (unpaired) electrons. The Morgan fingerprint density at radius 2 is 1.79 bits per heavy atom. The molecule has 0 aliphatic heterocycles. The lowest BCUT2D eigenvalue weighted by atomic mass is 10.2. The molecule has 0 saturated heterocycles. The molecule has 0 aliphatic carbocycles. The average molecular weight is 390 g/mol. The molecule has 0 spiro atoms. The van der Waals surface area contributed by atoms with Crippen molar-refractivity contribution in [2.24, 2.45) is 0 Å². The predicted molar refractivity (Wildman–Crippen MR) is 78.5 cm³/mol. The molecule has 100 valence electrons. The summed E-state index contributed by atoms with van der Waals surface area (Å²) in [5.41, 5.74) is 1.54. The van der Waals surface area contributed by atoms with E-state index in [0.29, 0.717) is 17.9 Å². The van der Waals surface area contributed by atoms with E-state index < -0.39 is 0 Å². The molecular formula is C14H11Br2FO2. The molecule has 0 amide bonds. The lowest BCUT2D eigenvalue weighted by Crippen LogP contribution is -2.00. The van der Waals surface area contributed by atoms with Gasteiger partial charge in [0.15, 0.2) is 0 Å². The first kappa shape index (κ1) is 14.5. The van der Waals surface area contributed by atoms with Gasteiger partial charge in [0.05, 0.1) is 11.1 Å². The van der Waals surface area contributed by atoms with Crippen LogP contribution in [-0.2, 0) is 13.2 Å². The highest BCUT2D eigenvalue weighted by atomic mass is 79.9. The molecule has 2 nitrogen and oxygen atoms in total. The van der Waals surface area contributed by atoms with Gasteiger partial charge in [-0.15, -0.1) is 0 Å². The summed E-state index contributed by atoms with van der Waals surface area (Å²) in [6.45, 7) is 0.199. The number of hydrogen-bond acceptors (Lipinski definition) is 2. The largest absolute Gasteiger partial charge is 0.487 e. The highest BCUT2D eigenvalue weighted by molar-refractivity contribution is 9.11. The van der Waals surface area contributed by atoms with Crippen molar-refractivity contribution >= 4 is 31.9 Å². The van der Waals surface area contributed by atoms with Gasteiger partial charge in [-0.3, -0.25) is 0 Å². The molecule has 0 aliphatic rings. The first-order valence-corrected chi connectivity index (χ1v) is 7.15. The number of aliphatic hydroxyl groups is 1. The molecule has 0 heterocycles. The number of halogens is 3. The van der Waals surface area contributed by atoms with Gasteiger partial charge in [-0.25, -0.2) is 4.39 Å². The topological polar surface area (TPSA) is 29.5 Å². The Kier molecular flexibility index (Phi) is 4.96. The second kappa shape index (κ2) is 6.50. The van der Waals surface area contributed by atoms with Crippen molar-refractivity contribution in [2.75, 3.05) is 0 Å². The van der Waals surface area contributed by atoms with Gasteiger partial charge in [0, 0.05) is 10.0 Å². The summed E-state index contributed by atoms with van der Waals surface area (Å²) in [4.78, 5) is 0. The quantitative estimate of drug-likeness (QED) is 0.838. The molecular weight excluding hydrogens is 379 g/mol. The molecule has 5 heteroatoms. The Labute approximate surface area is 127 Å². The highest BCUT2D eigenvalue weighted by Crippen LogP contribution is 2.33. The number of rotatable bonds is 4. The van der Waals surface area contributed by atoms with Crippen LogP contribution >= 0.6 is 31.9 Å². The van der Waals surface area contributed by atoms with Crippen LogP contribution in [0.1, 0.15) is 11.1 Å². The first-order chi connectivity index (χ1) is 9.10. The zero-order chi connectivity index (χ0) is 13.8. The van der Waals surface area contributed by atoms with E-state index in [1.54, 1.807) is 18.2 Å². The highest BCUT2D eigenvalue weighted by Gasteiger charge is 2.10. The van der Waals surface area contributed by atoms with Gasteiger partial charge in [0.25, 0.3) is 0 Å². The Hall–Kier alpha value is -0.910. The predicted octanol–water partition coefficient (Wildman–Crippen LogP) is 4.42. The maximum absolute atomic E-state index is 12.8. The van der Waals surface area contributed by atoms with Gasteiger partial charge in [-0.2, -0.15) is 0 Å². The smallest absolute Gasteiger partial charge is 0.139 e. The lowest BCUT2D eigenvalue weighted by molar-refractivity contribution is 0.258. The normalized spacial score (nSPS) is 10.5. The standard InChI is InChI=1S/C14H11Br2FO2/c15-11-5-10(7-18)14(13(16)6-11)19-8-9-1-3-12(17)4-2-9/h1-6,18H,7-8H2. The van der Waals surface area contributed by atoms with E-state index in [4.69, 9.17) is 4.74 Å². The molecule has 0 bridgehead atoms. The Morgan fingerprint density at radius 1 is 1.11 bits per heavy atom. The van der Waals surface area contributed by atoms with Gasteiger partial charge in [-0.05, 0) is 45.8 Å². The maximum atomic E-state index is 12.8. The van der Waals surface area contributed by atoms with Crippen LogP contribution in [0.3, 0.4) is 0 Å². The van der Waals surface area contributed by atoms with Gasteiger partial charge >= 0.3 is 0 Å². The zero-order valence-electron chi connectivity index (χ0n) is 9.87. The Bertz CT molecular complexity index is 570. The Morgan fingerprint density at radius 3 is 2.42 bits per heavy atom. The number of ether oxygens (including phenoxy) is 1. The second-order valence-corrected chi connectivity index (χ2v) is 5.72. The molecule has 2 aromatic carbocycles. The summed E-state index contributed by atoms with van der Waals surface area (Å²) in [6.07, 6.45) is 0. The number of hydrogen-bond donors (Lipinski definition) is 1. The lowest BCUT2D eigenvalue weighted by Gasteiger charge is -2.13. The van der Waals surface area contributed by atoms with Crippen molar-refractivity contribution in [1.82, 2.24) is 0 Å². The number of aliphatic hydroxyl groups excluding tert-OH is 1. The average Bonchev–Trinajstić information content (AvgIpc) is 2.39. The van der Waals surface area contributed by atoms with Crippen LogP contribution in [-0.4, -0.2) is 5.11 Å². The molecule has 0 unspecified atom stereocenters. The third kappa shape index (κ3) is 3.78. The minimum absolute atomic E-state index is 0.114.